The number of likely N-dealkylation sites (tertiary alicyclic amines) is 1. The number of benzene rings is 1. The molecule has 1 amide bonds. The molecule has 0 saturated carbocycles. The van der Waals surface area contributed by atoms with Crippen LogP contribution < -0.4 is 5.56 Å². The van der Waals surface area contributed by atoms with Crippen molar-refractivity contribution in [2.24, 2.45) is 0 Å². The van der Waals surface area contributed by atoms with E-state index >= 15 is 0 Å². The van der Waals surface area contributed by atoms with Gasteiger partial charge >= 0.3 is 0 Å². The van der Waals surface area contributed by atoms with Crippen LogP contribution in [-0.2, 0) is 17.9 Å². The van der Waals surface area contributed by atoms with Crippen LogP contribution in [0, 0.1) is 0 Å². The van der Waals surface area contributed by atoms with E-state index < -0.39 is 0 Å². The van der Waals surface area contributed by atoms with Crippen LogP contribution in [0.4, 0.5) is 0 Å². The van der Waals surface area contributed by atoms with Gasteiger partial charge < -0.3 is 9.47 Å². The van der Waals surface area contributed by atoms with E-state index in [4.69, 9.17) is 0 Å². The molecule has 1 aromatic carbocycles. The number of thioether (sulfide) groups is 1. The minimum Gasteiger partial charge on any atom is -0.337 e. The first-order valence-electron chi connectivity index (χ1n) is 8.24. The highest BCUT2D eigenvalue weighted by Gasteiger charge is 2.30. The molecule has 0 spiro atoms. The average molecular weight is 343 g/mol. The normalized spacial score (nSPS) is 18.0. The summed E-state index contributed by atoms with van der Waals surface area (Å²) in [6.45, 7) is 4.15. The number of aryl methyl sites for hydroxylation is 1. The van der Waals surface area contributed by atoms with E-state index in [1.54, 1.807) is 6.20 Å². The third-order valence-electron chi connectivity index (χ3n) is 4.13. The summed E-state index contributed by atoms with van der Waals surface area (Å²) < 4.78 is 1.91. The summed E-state index contributed by atoms with van der Waals surface area (Å²) in [5.41, 5.74) is 0.881. The molecule has 1 atom stereocenters. The van der Waals surface area contributed by atoms with Crippen LogP contribution in [0.1, 0.15) is 25.3 Å². The molecule has 5 nitrogen and oxygen atoms in total. The lowest BCUT2D eigenvalue weighted by molar-refractivity contribution is -0.133. The molecule has 0 radical (unpaired) electrons. The molecule has 6 heteroatoms. The SMILES string of the molecule is CCn1ccc(=O)nc1S[C@@H]1CCCN(Cc2ccccc2)C1=O. The van der Waals surface area contributed by atoms with Crippen molar-refractivity contribution in [3.63, 3.8) is 0 Å². The molecule has 0 aliphatic carbocycles. The topological polar surface area (TPSA) is 55.2 Å². The van der Waals surface area contributed by atoms with Crippen molar-refractivity contribution in [2.75, 3.05) is 6.54 Å². The Morgan fingerprint density at radius 1 is 1.21 bits per heavy atom. The predicted molar refractivity (Wildman–Crippen MR) is 94.9 cm³/mol. The number of rotatable bonds is 5. The van der Waals surface area contributed by atoms with Crippen molar-refractivity contribution in [3.05, 3.63) is 58.5 Å². The van der Waals surface area contributed by atoms with Gasteiger partial charge in [-0.2, -0.15) is 4.98 Å². The first kappa shape index (κ1) is 16.8. The number of amides is 1. The number of carbonyl (C=O) groups is 1. The fourth-order valence-corrected chi connectivity index (χ4v) is 4.11. The maximum Gasteiger partial charge on any atom is 0.273 e. The molecule has 1 fully saturated rings. The minimum absolute atomic E-state index is 0.135. The van der Waals surface area contributed by atoms with Gasteiger partial charge in [0, 0.05) is 31.9 Å². The second kappa shape index (κ2) is 7.66. The zero-order valence-electron chi connectivity index (χ0n) is 13.7. The Labute approximate surface area is 145 Å². The molecule has 1 aliphatic heterocycles. The number of hydrogen-bond donors (Lipinski definition) is 0. The fourth-order valence-electron chi connectivity index (χ4n) is 2.85. The molecule has 2 heterocycles. The van der Waals surface area contributed by atoms with E-state index in [-0.39, 0.29) is 16.7 Å². The number of carbonyl (C=O) groups excluding carboxylic acids is 1. The lowest BCUT2D eigenvalue weighted by Gasteiger charge is -2.32. The van der Waals surface area contributed by atoms with Crippen LogP contribution in [0.15, 0.2) is 52.5 Å². The molecule has 1 saturated heterocycles. The Hall–Kier alpha value is -2.08. The molecule has 0 bridgehead atoms. The van der Waals surface area contributed by atoms with E-state index in [2.05, 4.69) is 4.98 Å². The molecule has 0 N–H and O–H groups in total. The van der Waals surface area contributed by atoms with Gasteiger partial charge in [0.25, 0.3) is 5.56 Å². The Morgan fingerprint density at radius 2 is 2.00 bits per heavy atom. The van der Waals surface area contributed by atoms with Gasteiger partial charge in [-0.15, -0.1) is 0 Å². The van der Waals surface area contributed by atoms with Gasteiger partial charge in [-0.3, -0.25) is 9.59 Å². The fraction of sp³-hybridized carbons (Fsp3) is 0.389. The summed E-state index contributed by atoms with van der Waals surface area (Å²) in [4.78, 5) is 30.4. The maximum atomic E-state index is 12.8. The zero-order valence-corrected chi connectivity index (χ0v) is 14.5. The van der Waals surface area contributed by atoms with Crippen molar-refractivity contribution in [3.8, 4) is 0 Å². The molecule has 0 unspecified atom stereocenters. The molecule has 126 valence electrons. The van der Waals surface area contributed by atoms with Crippen molar-refractivity contribution in [1.82, 2.24) is 14.5 Å². The Bertz CT molecular complexity index is 760. The van der Waals surface area contributed by atoms with Crippen molar-refractivity contribution >= 4 is 17.7 Å². The Morgan fingerprint density at radius 3 is 2.75 bits per heavy atom. The van der Waals surface area contributed by atoms with Crippen molar-refractivity contribution in [1.29, 1.82) is 0 Å². The lowest BCUT2D eigenvalue weighted by Crippen LogP contribution is -2.42. The lowest BCUT2D eigenvalue weighted by atomic mass is 10.1. The monoisotopic (exact) mass is 343 g/mol. The van der Waals surface area contributed by atoms with Gasteiger partial charge in [0.05, 0.1) is 5.25 Å². The third kappa shape index (κ3) is 3.87. The van der Waals surface area contributed by atoms with E-state index in [1.807, 2.05) is 46.7 Å². The summed E-state index contributed by atoms with van der Waals surface area (Å²) in [5.74, 6) is 0.135. The summed E-state index contributed by atoms with van der Waals surface area (Å²) in [6.07, 6.45) is 3.54. The van der Waals surface area contributed by atoms with Crippen LogP contribution in [0.3, 0.4) is 0 Å². The van der Waals surface area contributed by atoms with Crippen LogP contribution >= 0.6 is 11.8 Å². The summed E-state index contributed by atoms with van der Waals surface area (Å²) in [7, 11) is 0. The number of hydrogen-bond acceptors (Lipinski definition) is 4. The quantitative estimate of drug-likeness (QED) is 0.783. The van der Waals surface area contributed by atoms with Crippen LogP contribution in [-0.4, -0.2) is 32.2 Å². The first-order chi connectivity index (χ1) is 11.7. The van der Waals surface area contributed by atoms with E-state index in [0.29, 0.717) is 11.7 Å². The average Bonchev–Trinajstić information content (AvgIpc) is 2.60. The van der Waals surface area contributed by atoms with Gasteiger partial charge in [-0.1, -0.05) is 42.1 Å². The molecule has 24 heavy (non-hydrogen) atoms. The third-order valence-corrected chi connectivity index (χ3v) is 5.39. The minimum atomic E-state index is -0.258. The largest absolute Gasteiger partial charge is 0.337 e. The zero-order chi connectivity index (χ0) is 16.9. The summed E-state index contributed by atoms with van der Waals surface area (Å²) >= 11 is 1.41. The molecular formula is C18H21N3O2S. The highest BCUT2D eigenvalue weighted by Crippen LogP contribution is 2.29. The second-order valence-electron chi connectivity index (χ2n) is 5.83. The van der Waals surface area contributed by atoms with Gasteiger partial charge in [0.1, 0.15) is 0 Å². The Balaban J connectivity index is 1.73. The molecule has 1 aliphatic rings. The van der Waals surface area contributed by atoms with E-state index in [0.717, 1.165) is 31.5 Å². The van der Waals surface area contributed by atoms with Gasteiger partial charge in [0.2, 0.25) is 5.91 Å². The van der Waals surface area contributed by atoms with Gasteiger partial charge in [0.15, 0.2) is 5.16 Å². The number of piperidine rings is 1. The molecule has 1 aromatic heterocycles. The van der Waals surface area contributed by atoms with E-state index in [9.17, 15) is 9.59 Å². The first-order valence-corrected chi connectivity index (χ1v) is 9.12. The molecule has 3 rings (SSSR count). The predicted octanol–water partition coefficient (Wildman–Crippen LogP) is 2.55. The molecular weight excluding hydrogens is 322 g/mol. The Kier molecular flexibility index (Phi) is 5.35. The van der Waals surface area contributed by atoms with Crippen LogP contribution in [0.2, 0.25) is 0 Å². The van der Waals surface area contributed by atoms with Crippen LogP contribution in [0.5, 0.6) is 0 Å². The van der Waals surface area contributed by atoms with Crippen molar-refractivity contribution in [2.45, 2.75) is 43.3 Å². The van der Waals surface area contributed by atoms with Gasteiger partial charge in [-0.05, 0) is 25.3 Å². The summed E-state index contributed by atoms with van der Waals surface area (Å²) in [5, 5.41) is 0.458. The standard InChI is InChI=1S/C18H21N3O2S/c1-2-20-12-10-16(22)19-18(20)24-15-9-6-11-21(17(15)23)13-14-7-4-3-5-8-14/h3-5,7-8,10,12,15H,2,6,9,11,13H2,1H3/t15-/m1/s1. The van der Waals surface area contributed by atoms with E-state index in [1.165, 1.54) is 17.8 Å². The summed E-state index contributed by atoms with van der Waals surface area (Å²) in [6, 6.07) is 11.5. The maximum absolute atomic E-state index is 12.8. The van der Waals surface area contributed by atoms with Crippen LogP contribution in [0.25, 0.3) is 0 Å². The number of aromatic nitrogens is 2. The molecule has 2 aromatic rings. The smallest absolute Gasteiger partial charge is 0.273 e. The highest BCUT2D eigenvalue weighted by atomic mass is 32.2. The van der Waals surface area contributed by atoms with Gasteiger partial charge in [-0.25, -0.2) is 0 Å². The second-order valence-corrected chi connectivity index (χ2v) is 7.00. The number of nitrogens with zero attached hydrogens (tertiary/aromatic N) is 3. The van der Waals surface area contributed by atoms with Crippen molar-refractivity contribution < 1.29 is 4.79 Å². The highest BCUT2D eigenvalue weighted by molar-refractivity contribution is 8.00.